The molecule has 3 nitrogen and oxygen atoms in total. The Labute approximate surface area is 122 Å². The lowest BCUT2D eigenvalue weighted by Gasteiger charge is -2.27. The summed E-state index contributed by atoms with van der Waals surface area (Å²) < 4.78 is 0. The van der Waals surface area contributed by atoms with Crippen LogP contribution >= 0.6 is 0 Å². The lowest BCUT2D eigenvalue weighted by Crippen LogP contribution is -2.39. The number of nitrogens with one attached hydrogen (secondary N) is 1. The molecule has 0 amide bonds. The molecule has 0 aliphatic rings. The third-order valence-corrected chi connectivity index (χ3v) is 2.90. The Balaban J connectivity index is 2.62. The number of benzene rings is 1. The van der Waals surface area contributed by atoms with Gasteiger partial charge < -0.3 is 10.2 Å². The Kier molecular flexibility index (Phi) is 6.27. The molecule has 0 saturated carbocycles. The van der Waals surface area contributed by atoms with E-state index in [1.165, 1.54) is 0 Å². The highest BCUT2D eigenvalue weighted by Crippen LogP contribution is 2.15. The molecule has 0 fully saturated rings. The third kappa shape index (κ3) is 6.40. The minimum absolute atomic E-state index is 0.0904. The second-order valence-corrected chi connectivity index (χ2v) is 6.02. The zero-order chi connectivity index (χ0) is 15.0. The van der Waals surface area contributed by atoms with E-state index in [2.05, 4.69) is 55.8 Å². The predicted octanol–water partition coefficient (Wildman–Crippen LogP) is 3.35. The van der Waals surface area contributed by atoms with E-state index in [9.17, 15) is 0 Å². The molecule has 0 aliphatic heterocycles. The molecule has 0 spiro atoms. The zero-order valence-corrected chi connectivity index (χ0v) is 12.8. The minimum atomic E-state index is 0.0904. The van der Waals surface area contributed by atoms with Gasteiger partial charge in [0.15, 0.2) is 0 Å². The number of nitrogens with zero attached hydrogens (tertiary/aromatic N) is 2. The molecule has 0 unspecified atom stereocenters. The fourth-order valence-corrected chi connectivity index (χ4v) is 1.84. The van der Waals surface area contributed by atoms with Crippen molar-refractivity contribution < 1.29 is 0 Å². The van der Waals surface area contributed by atoms with Crippen LogP contribution in [0.25, 0.3) is 0 Å². The van der Waals surface area contributed by atoms with E-state index in [1.807, 2.05) is 18.2 Å². The van der Waals surface area contributed by atoms with Gasteiger partial charge in [-0.05, 0) is 38.5 Å². The molecular formula is C17H25N3. The highest BCUT2D eigenvalue weighted by molar-refractivity contribution is 5.47. The maximum atomic E-state index is 8.79. The molecule has 0 saturated heterocycles. The summed E-state index contributed by atoms with van der Waals surface area (Å²) in [6, 6.07) is 12.4. The summed E-state index contributed by atoms with van der Waals surface area (Å²) in [5.74, 6) is 0. The van der Waals surface area contributed by atoms with Crippen LogP contribution in [0.15, 0.2) is 42.5 Å². The van der Waals surface area contributed by atoms with Gasteiger partial charge >= 0.3 is 0 Å². The zero-order valence-electron chi connectivity index (χ0n) is 12.8. The van der Waals surface area contributed by atoms with Crippen molar-refractivity contribution in [2.24, 2.45) is 0 Å². The summed E-state index contributed by atoms with van der Waals surface area (Å²) >= 11 is 0. The average Bonchev–Trinajstić information content (AvgIpc) is 2.41. The summed E-state index contributed by atoms with van der Waals surface area (Å²) in [4.78, 5) is 2.20. The van der Waals surface area contributed by atoms with Gasteiger partial charge in [0.05, 0.1) is 12.5 Å². The van der Waals surface area contributed by atoms with E-state index < -0.39 is 0 Å². The second kappa shape index (κ2) is 7.72. The maximum absolute atomic E-state index is 8.79. The van der Waals surface area contributed by atoms with E-state index in [0.717, 1.165) is 30.9 Å². The summed E-state index contributed by atoms with van der Waals surface area (Å²) in [5, 5.41) is 12.2. The number of rotatable bonds is 7. The van der Waals surface area contributed by atoms with Crippen LogP contribution in [0.4, 0.5) is 5.69 Å². The molecule has 1 rings (SSSR count). The molecular weight excluding hydrogens is 246 g/mol. The highest BCUT2D eigenvalue weighted by Gasteiger charge is 2.11. The largest absolute Gasteiger partial charge is 0.366 e. The van der Waals surface area contributed by atoms with Crippen molar-refractivity contribution >= 4 is 5.69 Å². The van der Waals surface area contributed by atoms with Crippen LogP contribution in [0, 0.1) is 11.3 Å². The molecule has 0 aromatic heterocycles. The van der Waals surface area contributed by atoms with Gasteiger partial charge in [-0.15, -0.1) is 0 Å². The lowest BCUT2D eigenvalue weighted by molar-refractivity contribution is 0.443. The average molecular weight is 271 g/mol. The normalized spacial score (nSPS) is 10.9. The van der Waals surface area contributed by atoms with Gasteiger partial charge in [-0.2, -0.15) is 5.26 Å². The van der Waals surface area contributed by atoms with Gasteiger partial charge in [-0.3, -0.25) is 0 Å². The Hall–Kier alpha value is -1.79. The molecule has 1 N–H and O–H groups in total. The Morgan fingerprint density at radius 2 is 1.95 bits per heavy atom. The standard InChI is InChI=1S/C17H25N3/c1-15(13-19-17(2,3)4)14-20(12-8-11-18)16-9-6-5-7-10-16/h5-7,9-10,19H,1,8,12-14H2,2-4H3. The van der Waals surface area contributed by atoms with E-state index in [4.69, 9.17) is 5.26 Å². The molecule has 3 heteroatoms. The number of nitriles is 1. The van der Waals surface area contributed by atoms with Crippen LogP contribution in [0.3, 0.4) is 0 Å². The van der Waals surface area contributed by atoms with E-state index in [0.29, 0.717) is 6.42 Å². The first-order valence-corrected chi connectivity index (χ1v) is 7.01. The molecule has 0 bridgehead atoms. The maximum Gasteiger partial charge on any atom is 0.0640 e. The molecule has 108 valence electrons. The molecule has 0 atom stereocenters. The topological polar surface area (TPSA) is 39.1 Å². The minimum Gasteiger partial charge on any atom is -0.366 e. The number of hydrogen-bond acceptors (Lipinski definition) is 3. The van der Waals surface area contributed by atoms with Gasteiger partial charge in [0.2, 0.25) is 0 Å². The summed E-state index contributed by atoms with van der Waals surface area (Å²) in [5.41, 5.74) is 2.36. The summed E-state index contributed by atoms with van der Waals surface area (Å²) in [6.45, 7) is 12.9. The molecule has 1 aromatic rings. The van der Waals surface area contributed by atoms with Crippen molar-refractivity contribution in [3.8, 4) is 6.07 Å². The number of para-hydroxylation sites is 1. The first-order chi connectivity index (χ1) is 9.42. The van der Waals surface area contributed by atoms with E-state index in [-0.39, 0.29) is 5.54 Å². The molecule has 0 radical (unpaired) electrons. The van der Waals surface area contributed by atoms with Crippen LogP contribution in [0.2, 0.25) is 0 Å². The van der Waals surface area contributed by atoms with Crippen molar-refractivity contribution in [2.45, 2.75) is 32.7 Å². The van der Waals surface area contributed by atoms with Gasteiger partial charge in [-0.25, -0.2) is 0 Å². The van der Waals surface area contributed by atoms with Crippen LogP contribution in [0.1, 0.15) is 27.2 Å². The molecule has 20 heavy (non-hydrogen) atoms. The number of hydrogen-bond donors (Lipinski definition) is 1. The van der Waals surface area contributed by atoms with Crippen molar-refractivity contribution in [2.75, 3.05) is 24.5 Å². The Morgan fingerprint density at radius 1 is 1.30 bits per heavy atom. The summed E-state index contributed by atoms with van der Waals surface area (Å²) in [7, 11) is 0. The van der Waals surface area contributed by atoms with Crippen molar-refractivity contribution in [1.29, 1.82) is 5.26 Å². The smallest absolute Gasteiger partial charge is 0.0640 e. The molecule has 1 aromatic carbocycles. The van der Waals surface area contributed by atoms with Crippen LogP contribution in [-0.2, 0) is 0 Å². The SMILES string of the molecule is C=C(CNC(C)(C)C)CN(CCC#N)c1ccccc1. The van der Waals surface area contributed by atoms with Gasteiger partial charge in [-0.1, -0.05) is 24.8 Å². The van der Waals surface area contributed by atoms with Crippen molar-refractivity contribution in [1.82, 2.24) is 5.32 Å². The Bertz CT molecular complexity index is 451. The molecule has 0 aliphatic carbocycles. The van der Waals surface area contributed by atoms with Gasteiger partial charge in [0.1, 0.15) is 0 Å². The third-order valence-electron chi connectivity index (χ3n) is 2.90. The fraction of sp³-hybridized carbons (Fsp3) is 0.471. The van der Waals surface area contributed by atoms with E-state index >= 15 is 0 Å². The van der Waals surface area contributed by atoms with Crippen molar-refractivity contribution in [3.63, 3.8) is 0 Å². The van der Waals surface area contributed by atoms with Crippen LogP contribution in [-0.4, -0.2) is 25.2 Å². The van der Waals surface area contributed by atoms with Crippen LogP contribution in [0.5, 0.6) is 0 Å². The number of anilines is 1. The monoisotopic (exact) mass is 271 g/mol. The van der Waals surface area contributed by atoms with Gasteiger partial charge in [0, 0.05) is 30.9 Å². The van der Waals surface area contributed by atoms with Crippen molar-refractivity contribution in [3.05, 3.63) is 42.5 Å². The second-order valence-electron chi connectivity index (χ2n) is 6.02. The first kappa shape index (κ1) is 16.3. The highest BCUT2D eigenvalue weighted by atomic mass is 15.1. The molecule has 0 heterocycles. The summed E-state index contributed by atoms with van der Waals surface area (Å²) in [6.07, 6.45) is 0.523. The van der Waals surface area contributed by atoms with Gasteiger partial charge in [0.25, 0.3) is 0 Å². The fourth-order valence-electron chi connectivity index (χ4n) is 1.84. The quantitative estimate of drug-likeness (QED) is 0.773. The van der Waals surface area contributed by atoms with Crippen LogP contribution < -0.4 is 10.2 Å². The predicted molar refractivity (Wildman–Crippen MR) is 85.8 cm³/mol. The first-order valence-electron chi connectivity index (χ1n) is 7.01. The Morgan fingerprint density at radius 3 is 2.50 bits per heavy atom. The van der Waals surface area contributed by atoms with E-state index in [1.54, 1.807) is 0 Å². The lowest BCUT2D eigenvalue weighted by atomic mass is 10.1.